The third-order valence-electron chi connectivity index (χ3n) is 2.83. The quantitative estimate of drug-likeness (QED) is 0.774. The summed E-state index contributed by atoms with van der Waals surface area (Å²) < 4.78 is 0. The highest BCUT2D eigenvalue weighted by molar-refractivity contribution is 5.33. The number of nitrogens with zero attached hydrogens (tertiary/aromatic N) is 1. The first-order valence-corrected chi connectivity index (χ1v) is 5.51. The molecule has 1 aromatic rings. The lowest BCUT2D eigenvalue weighted by Crippen LogP contribution is -2.20. The fourth-order valence-electron chi connectivity index (χ4n) is 1.81. The molecule has 1 aromatic carbocycles. The third kappa shape index (κ3) is 2.42. The van der Waals surface area contributed by atoms with E-state index in [9.17, 15) is 0 Å². The summed E-state index contributed by atoms with van der Waals surface area (Å²) in [7, 11) is 0. The number of hydrogen-bond donors (Lipinski definition) is 1. The average molecular weight is 210 g/mol. The predicted octanol–water partition coefficient (Wildman–Crippen LogP) is 2.35. The first-order valence-electron chi connectivity index (χ1n) is 5.51. The van der Waals surface area contributed by atoms with Crippen molar-refractivity contribution in [3.05, 3.63) is 35.4 Å². The molecule has 0 saturated heterocycles. The normalized spacial score (nSPS) is 16.1. The molecule has 0 aliphatic heterocycles. The number of rotatable bonds is 4. The molecule has 1 aliphatic carbocycles. The highest BCUT2D eigenvalue weighted by Crippen LogP contribution is 2.40. The monoisotopic (exact) mass is 210 g/mol. The van der Waals surface area contributed by atoms with E-state index in [0.717, 1.165) is 5.56 Å². The van der Waals surface area contributed by atoms with E-state index in [1.54, 1.807) is 0 Å². The molecule has 2 heteroatoms. The maximum atomic E-state index is 9.07. The van der Waals surface area contributed by atoms with Gasteiger partial charge in [-0.25, -0.2) is 0 Å². The van der Waals surface area contributed by atoms with Crippen LogP contribution in [0.1, 0.15) is 35.9 Å². The minimum absolute atomic E-state index is 0.297. The van der Waals surface area contributed by atoms with Crippen LogP contribution in [0.25, 0.3) is 0 Å². The Bertz CT molecular complexity index is 447. The second-order valence-corrected chi connectivity index (χ2v) is 4.09. The molecule has 1 atom stereocenters. The summed E-state index contributed by atoms with van der Waals surface area (Å²) in [6, 6.07) is 10.2. The van der Waals surface area contributed by atoms with Crippen LogP contribution < -0.4 is 5.32 Å². The van der Waals surface area contributed by atoms with Crippen LogP contribution in [-0.4, -0.2) is 6.54 Å². The lowest BCUT2D eigenvalue weighted by atomic mass is 10.0. The molecule has 0 spiro atoms. The van der Waals surface area contributed by atoms with Crippen LogP contribution in [0.5, 0.6) is 0 Å². The summed E-state index contributed by atoms with van der Waals surface area (Å²) >= 11 is 0. The molecular formula is C14H14N2. The fraction of sp³-hybridized carbons (Fsp3) is 0.357. The summed E-state index contributed by atoms with van der Waals surface area (Å²) in [6.45, 7) is 0.423. The summed E-state index contributed by atoms with van der Waals surface area (Å²) in [5.41, 5.74) is 2.36. The number of nitrogens with one attached hydrogen (secondary N) is 1. The van der Waals surface area contributed by atoms with Gasteiger partial charge < -0.3 is 0 Å². The van der Waals surface area contributed by atoms with E-state index in [0.29, 0.717) is 12.5 Å². The van der Waals surface area contributed by atoms with Gasteiger partial charge in [-0.1, -0.05) is 30.2 Å². The largest absolute Gasteiger partial charge is 0.287 e. The molecule has 1 unspecified atom stereocenters. The van der Waals surface area contributed by atoms with Gasteiger partial charge in [-0.15, -0.1) is 6.42 Å². The van der Waals surface area contributed by atoms with Crippen LogP contribution >= 0.6 is 0 Å². The van der Waals surface area contributed by atoms with E-state index in [-0.39, 0.29) is 6.04 Å². The molecule has 0 radical (unpaired) electrons. The van der Waals surface area contributed by atoms with Crippen LogP contribution in [0.2, 0.25) is 0 Å². The van der Waals surface area contributed by atoms with Gasteiger partial charge in [0.15, 0.2) is 0 Å². The van der Waals surface area contributed by atoms with E-state index in [4.69, 9.17) is 11.7 Å². The summed E-state index contributed by atoms with van der Waals surface area (Å²) in [4.78, 5) is 0. The molecule has 80 valence electrons. The highest BCUT2D eigenvalue weighted by atomic mass is 14.9. The molecule has 16 heavy (non-hydrogen) atoms. The number of nitriles is 1. The molecule has 0 amide bonds. The predicted molar refractivity (Wildman–Crippen MR) is 63.6 cm³/mol. The van der Waals surface area contributed by atoms with Crippen molar-refractivity contribution in [2.75, 3.05) is 6.54 Å². The summed E-state index contributed by atoms with van der Waals surface area (Å²) in [6.07, 6.45) is 7.73. The molecular weight excluding hydrogens is 196 g/mol. The summed E-state index contributed by atoms with van der Waals surface area (Å²) in [5.74, 6) is 3.20. The van der Waals surface area contributed by atoms with Crippen molar-refractivity contribution < 1.29 is 0 Å². The smallest absolute Gasteiger partial charge is 0.122 e. The number of benzene rings is 1. The van der Waals surface area contributed by atoms with Crippen molar-refractivity contribution >= 4 is 0 Å². The van der Waals surface area contributed by atoms with E-state index in [1.165, 1.54) is 18.4 Å². The van der Waals surface area contributed by atoms with Gasteiger partial charge in [0.05, 0.1) is 12.6 Å². The molecule has 1 saturated carbocycles. The van der Waals surface area contributed by atoms with Gasteiger partial charge in [0.2, 0.25) is 0 Å². The van der Waals surface area contributed by atoms with E-state index < -0.39 is 0 Å². The molecule has 1 fully saturated rings. The lowest BCUT2D eigenvalue weighted by molar-refractivity contribution is 0.690. The second kappa shape index (κ2) is 4.84. The van der Waals surface area contributed by atoms with Crippen molar-refractivity contribution in [3.63, 3.8) is 0 Å². The summed E-state index contributed by atoms with van der Waals surface area (Å²) in [5, 5.41) is 12.1. The topological polar surface area (TPSA) is 35.8 Å². The van der Waals surface area contributed by atoms with Crippen molar-refractivity contribution in [3.8, 4) is 18.4 Å². The Kier molecular flexibility index (Phi) is 3.25. The van der Waals surface area contributed by atoms with Crippen LogP contribution in [0.4, 0.5) is 0 Å². The standard InChI is InChI=1S/C14H14N2/c1-2-8-16-14(10-15)13-5-3-4-12(9-13)11-6-7-11/h1,3-5,9,11,14,16H,6-8H2. The maximum Gasteiger partial charge on any atom is 0.122 e. The first kappa shape index (κ1) is 10.7. The Balaban J connectivity index is 2.15. The zero-order chi connectivity index (χ0) is 11.4. The molecule has 0 heterocycles. The maximum absolute atomic E-state index is 9.07. The molecule has 0 bridgehead atoms. The van der Waals surface area contributed by atoms with E-state index in [1.807, 2.05) is 12.1 Å². The van der Waals surface area contributed by atoms with Gasteiger partial charge in [-0.2, -0.15) is 5.26 Å². The second-order valence-electron chi connectivity index (χ2n) is 4.09. The van der Waals surface area contributed by atoms with Crippen LogP contribution in [0, 0.1) is 23.7 Å². The van der Waals surface area contributed by atoms with E-state index in [2.05, 4.69) is 29.4 Å². The molecule has 1 N–H and O–H groups in total. The molecule has 2 rings (SSSR count). The zero-order valence-electron chi connectivity index (χ0n) is 9.11. The van der Waals surface area contributed by atoms with Gasteiger partial charge in [0.1, 0.15) is 6.04 Å². The van der Waals surface area contributed by atoms with Gasteiger partial charge in [-0.3, -0.25) is 5.32 Å². The van der Waals surface area contributed by atoms with Gasteiger partial charge in [-0.05, 0) is 29.9 Å². The molecule has 0 aromatic heterocycles. The van der Waals surface area contributed by atoms with Crippen molar-refractivity contribution in [2.24, 2.45) is 0 Å². The minimum Gasteiger partial charge on any atom is -0.287 e. The SMILES string of the molecule is C#CCNC(C#N)c1cccc(C2CC2)c1. The van der Waals surface area contributed by atoms with Crippen molar-refractivity contribution in [1.82, 2.24) is 5.32 Å². The van der Waals surface area contributed by atoms with Crippen LogP contribution in [0.3, 0.4) is 0 Å². The Hall–Kier alpha value is -1.77. The molecule has 2 nitrogen and oxygen atoms in total. The van der Waals surface area contributed by atoms with Crippen molar-refractivity contribution in [2.45, 2.75) is 24.8 Å². The third-order valence-corrected chi connectivity index (χ3v) is 2.83. The highest BCUT2D eigenvalue weighted by Gasteiger charge is 2.24. The number of terminal acetylenes is 1. The Morgan fingerprint density at radius 3 is 2.94 bits per heavy atom. The van der Waals surface area contributed by atoms with Gasteiger partial charge in [0, 0.05) is 0 Å². The minimum atomic E-state index is -0.297. The van der Waals surface area contributed by atoms with Crippen molar-refractivity contribution in [1.29, 1.82) is 5.26 Å². The fourth-order valence-corrected chi connectivity index (χ4v) is 1.81. The number of hydrogen-bond acceptors (Lipinski definition) is 2. The Morgan fingerprint density at radius 1 is 1.50 bits per heavy atom. The van der Waals surface area contributed by atoms with Crippen LogP contribution in [-0.2, 0) is 0 Å². The van der Waals surface area contributed by atoms with E-state index >= 15 is 0 Å². The molecule has 1 aliphatic rings. The van der Waals surface area contributed by atoms with Gasteiger partial charge >= 0.3 is 0 Å². The lowest BCUT2D eigenvalue weighted by Gasteiger charge is -2.10. The van der Waals surface area contributed by atoms with Gasteiger partial charge in [0.25, 0.3) is 0 Å². The van der Waals surface area contributed by atoms with Crippen LogP contribution in [0.15, 0.2) is 24.3 Å². The average Bonchev–Trinajstić information content (AvgIpc) is 3.14. The first-order chi connectivity index (χ1) is 7.85. The Labute approximate surface area is 96.3 Å². The Morgan fingerprint density at radius 2 is 2.31 bits per heavy atom. The zero-order valence-corrected chi connectivity index (χ0v) is 9.11.